The standard InChI is InChI=1S/C16H15IN4O2/c17-11-4-3-5-12(10-11)19-15(22)20-16(23)21-9-8-18-13-6-1-2-7-14(13)21/h1-7,10,18H,8-9H2,(H2,19,20,22,23). The summed E-state index contributed by atoms with van der Waals surface area (Å²) in [6.07, 6.45) is 0. The number of nitrogens with zero attached hydrogens (tertiary/aromatic N) is 1. The van der Waals surface area contributed by atoms with Crippen LogP contribution in [0.3, 0.4) is 0 Å². The first kappa shape index (κ1) is 15.6. The number of amides is 4. The van der Waals surface area contributed by atoms with Crippen molar-refractivity contribution >= 4 is 51.7 Å². The fourth-order valence-electron chi connectivity index (χ4n) is 2.39. The van der Waals surface area contributed by atoms with Gasteiger partial charge in [0, 0.05) is 22.3 Å². The Morgan fingerprint density at radius 1 is 1.13 bits per heavy atom. The third-order valence-electron chi connectivity index (χ3n) is 3.39. The van der Waals surface area contributed by atoms with E-state index in [2.05, 4.69) is 38.5 Å². The van der Waals surface area contributed by atoms with Crippen LogP contribution in [0.25, 0.3) is 0 Å². The first-order valence-corrected chi connectivity index (χ1v) is 8.19. The minimum absolute atomic E-state index is 0.443. The van der Waals surface area contributed by atoms with Crippen molar-refractivity contribution < 1.29 is 9.59 Å². The van der Waals surface area contributed by atoms with Crippen LogP contribution in [0.1, 0.15) is 0 Å². The third-order valence-corrected chi connectivity index (χ3v) is 4.06. The van der Waals surface area contributed by atoms with Gasteiger partial charge in [-0.15, -0.1) is 0 Å². The molecule has 0 unspecified atom stereocenters. The van der Waals surface area contributed by atoms with E-state index in [1.54, 1.807) is 11.0 Å². The average molecular weight is 422 g/mol. The van der Waals surface area contributed by atoms with Gasteiger partial charge in [-0.05, 0) is 52.9 Å². The van der Waals surface area contributed by atoms with Gasteiger partial charge in [-0.3, -0.25) is 10.2 Å². The fourth-order valence-corrected chi connectivity index (χ4v) is 2.93. The van der Waals surface area contributed by atoms with Crippen molar-refractivity contribution in [3.63, 3.8) is 0 Å². The number of carbonyl (C=O) groups is 2. The number of rotatable bonds is 1. The molecule has 0 aromatic heterocycles. The summed E-state index contributed by atoms with van der Waals surface area (Å²) in [4.78, 5) is 25.9. The number of fused-ring (bicyclic) bond motifs is 1. The van der Waals surface area contributed by atoms with Crippen molar-refractivity contribution in [2.45, 2.75) is 0 Å². The lowest BCUT2D eigenvalue weighted by Crippen LogP contribution is -2.48. The van der Waals surface area contributed by atoms with Crippen LogP contribution in [0.15, 0.2) is 48.5 Å². The summed E-state index contributed by atoms with van der Waals surface area (Å²) < 4.78 is 1.00. The third kappa shape index (κ3) is 3.73. The van der Waals surface area contributed by atoms with E-state index in [1.807, 2.05) is 42.5 Å². The van der Waals surface area contributed by atoms with E-state index in [4.69, 9.17) is 0 Å². The highest BCUT2D eigenvalue weighted by Gasteiger charge is 2.23. The van der Waals surface area contributed by atoms with Gasteiger partial charge < -0.3 is 10.6 Å². The lowest BCUT2D eigenvalue weighted by Gasteiger charge is -2.30. The van der Waals surface area contributed by atoms with Crippen molar-refractivity contribution in [3.8, 4) is 0 Å². The molecule has 23 heavy (non-hydrogen) atoms. The number of anilines is 3. The Hall–Kier alpha value is -2.29. The van der Waals surface area contributed by atoms with Crippen molar-refractivity contribution in [2.24, 2.45) is 0 Å². The summed E-state index contributed by atoms with van der Waals surface area (Å²) in [7, 11) is 0. The van der Waals surface area contributed by atoms with Gasteiger partial charge in [-0.25, -0.2) is 9.59 Å². The smallest absolute Gasteiger partial charge is 0.330 e. The second-order valence-electron chi connectivity index (χ2n) is 4.99. The van der Waals surface area contributed by atoms with E-state index in [0.29, 0.717) is 18.8 Å². The van der Waals surface area contributed by atoms with E-state index in [0.717, 1.165) is 14.9 Å². The van der Waals surface area contributed by atoms with E-state index in [9.17, 15) is 9.59 Å². The molecular formula is C16H15IN4O2. The molecule has 0 bridgehead atoms. The monoisotopic (exact) mass is 422 g/mol. The molecule has 1 aliphatic rings. The summed E-state index contributed by atoms with van der Waals surface area (Å²) >= 11 is 2.16. The number of hydrogen-bond donors (Lipinski definition) is 3. The SMILES string of the molecule is O=C(NC(=O)N1CCNc2ccccc21)Nc1cccc(I)c1. The molecule has 6 nitrogen and oxygen atoms in total. The molecule has 2 aromatic carbocycles. The molecule has 0 radical (unpaired) electrons. The van der Waals surface area contributed by atoms with Crippen LogP contribution in [0.2, 0.25) is 0 Å². The van der Waals surface area contributed by atoms with Gasteiger partial charge in [0.25, 0.3) is 0 Å². The van der Waals surface area contributed by atoms with Gasteiger partial charge >= 0.3 is 12.1 Å². The Kier molecular flexibility index (Phi) is 4.65. The first-order chi connectivity index (χ1) is 11.1. The summed E-state index contributed by atoms with van der Waals surface area (Å²) in [5.41, 5.74) is 2.29. The average Bonchev–Trinajstić information content (AvgIpc) is 2.54. The Labute approximate surface area is 147 Å². The number of carbonyl (C=O) groups excluding carboxylic acids is 2. The van der Waals surface area contributed by atoms with E-state index in [-0.39, 0.29) is 0 Å². The van der Waals surface area contributed by atoms with Crippen LogP contribution < -0.4 is 20.9 Å². The van der Waals surface area contributed by atoms with Crippen molar-refractivity contribution in [1.29, 1.82) is 0 Å². The highest BCUT2D eigenvalue weighted by atomic mass is 127. The van der Waals surface area contributed by atoms with E-state index >= 15 is 0 Å². The molecule has 7 heteroatoms. The molecule has 3 N–H and O–H groups in total. The predicted octanol–water partition coefficient (Wildman–Crippen LogP) is 3.46. The van der Waals surface area contributed by atoms with Gasteiger partial charge in [0.1, 0.15) is 0 Å². The Balaban J connectivity index is 1.67. The number of para-hydroxylation sites is 2. The number of hydrogen-bond acceptors (Lipinski definition) is 3. The van der Waals surface area contributed by atoms with Crippen molar-refractivity contribution in [3.05, 3.63) is 52.1 Å². The zero-order valence-electron chi connectivity index (χ0n) is 12.2. The van der Waals surface area contributed by atoms with Crippen LogP contribution in [0, 0.1) is 3.57 Å². The lowest BCUT2D eigenvalue weighted by molar-refractivity contribution is 0.236. The highest BCUT2D eigenvalue weighted by Crippen LogP contribution is 2.28. The normalized spacial score (nSPS) is 12.8. The molecule has 0 saturated heterocycles. The molecule has 1 aliphatic heterocycles. The van der Waals surface area contributed by atoms with Gasteiger partial charge in [0.15, 0.2) is 0 Å². The van der Waals surface area contributed by atoms with Crippen molar-refractivity contribution in [2.75, 3.05) is 28.6 Å². The van der Waals surface area contributed by atoms with Crippen LogP contribution in [0.5, 0.6) is 0 Å². The maximum absolute atomic E-state index is 12.4. The molecule has 3 rings (SSSR count). The fraction of sp³-hybridized carbons (Fsp3) is 0.125. The van der Waals surface area contributed by atoms with E-state index < -0.39 is 12.1 Å². The molecule has 4 amide bonds. The molecule has 1 heterocycles. The molecule has 0 fully saturated rings. The quantitative estimate of drug-likeness (QED) is 0.617. The zero-order chi connectivity index (χ0) is 16.2. The van der Waals surface area contributed by atoms with Crippen LogP contribution in [0.4, 0.5) is 26.7 Å². The molecule has 2 aromatic rings. The van der Waals surface area contributed by atoms with Gasteiger partial charge in [-0.1, -0.05) is 18.2 Å². The second kappa shape index (κ2) is 6.86. The number of urea groups is 2. The highest BCUT2D eigenvalue weighted by molar-refractivity contribution is 14.1. The first-order valence-electron chi connectivity index (χ1n) is 7.11. The molecular weight excluding hydrogens is 407 g/mol. The summed E-state index contributed by atoms with van der Waals surface area (Å²) in [5.74, 6) is 0. The summed E-state index contributed by atoms with van der Waals surface area (Å²) in [5, 5.41) is 8.25. The van der Waals surface area contributed by atoms with Gasteiger partial charge in [-0.2, -0.15) is 0 Å². The predicted molar refractivity (Wildman–Crippen MR) is 99.0 cm³/mol. The number of benzene rings is 2. The number of halogens is 1. The molecule has 0 spiro atoms. The molecule has 0 aliphatic carbocycles. The number of nitrogens with one attached hydrogen (secondary N) is 3. The Morgan fingerprint density at radius 3 is 2.78 bits per heavy atom. The van der Waals surface area contributed by atoms with Crippen LogP contribution in [-0.4, -0.2) is 25.2 Å². The topological polar surface area (TPSA) is 73.5 Å². The molecule has 118 valence electrons. The Morgan fingerprint density at radius 2 is 1.96 bits per heavy atom. The lowest BCUT2D eigenvalue weighted by atomic mass is 10.2. The van der Waals surface area contributed by atoms with Crippen LogP contribution >= 0.6 is 22.6 Å². The summed E-state index contributed by atoms with van der Waals surface area (Å²) in [6.45, 7) is 1.14. The summed E-state index contributed by atoms with van der Waals surface area (Å²) in [6, 6.07) is 13.9. The van der Waals surface area contributed by atoms with Crippen LogP contribution in [-0.2, 0) is 0 Å². The van der Waals surface area contributed by atoms with Gasteiger partial charge in [0.2, 0.25) is 0 Å². The number of imide groups is 1. The zero-order valence-corrected chi connectivity index (χ0v) is 14.3. The molecule has 0 saturated carbocycles. The van der Waals surface area contributed by atoms with Gasteiger partial charge in [0.05, 0.1) is 11.4 Å². The molecule has 0 atom stereocenters. The minimum atomic E-state index is -0.548. The second-order valence-corrected chi connectivity index (χ2v) is 6.24. The van der Waals surface area contributed by atoms with Crippen molar-refractivity contribution in [1.82, 2.24) is 5.32 Å². The van der Waals surface area contributed by atoms with E-state index in [1.165, 1.54) is 0 Å². The largest absolute Gasteiger partial charge is 0.382 e. The minimum Gasteiger partial charge on any atom is -0.382 e. The Bertz CT molecular complexity index is 750. The maximum Gasteiger partial charge on any atom is 0.330 e. The maximum atomic E-state index is 12.4.